The van der Waals surface area contributed by atoms with Gasteiger partial charge in [0.25, 0.3) is 0 Å². The molecule has 0 bridgehead atoms. The normalized spacial score (nSPS) is 12.0. The number of benzene rings is 2. The topological polar surface area (TPSA) is 42.5 Å². The van der Waals surface area contributed by atoms with Crippen LogP contribution >= 0.6 is 24.0 Å². The van der Waals surface area contributed by atoms with Gasteiger partial charge in [0, 0.05) is 17.1 Å². The summed E-state index contributed by atoms with van der Waals surface area (Å²) in [5.74, 6) is 1.57. The molecule has 6 heteroatoms. The SMILES string of the molecule is CSc1cccc(NC(=S)NCc2ccc3c(c2)OCO3)c1. The zero-order valence-corrected chi connectivity index (χ0v) is 13.7. The van der Waals surface area contributed by atoms with Crippen LogP contribution in [-0.2, 0) is 6.54 Å². The molecule has 0 unspecified atom stereocenters. The fourth-order valence-corrected chi connectivity index (χ4v) is 2.76. The third-order valence-corrected chi connectivity index (χ3v) is 4.19. The zero-order chi connectivity index (χ0) is 15.4. The Morgan fingerprint density at radius 2 is 2.05 bits per heavy atom. The molecule has 0 spiro atoms. The Morgan fingerprint density at radius 1 is 1.18 bits per heavy atom. The lowest BCUT2D eigenvalue weighted by molar-refractivity contribution is 0.174. The first-order valence-corrected chi connectivity index (χ1v) is 8.45. The Hall–Kier alpha value is -1.92. The van der Waals surface area contributed by atoms with Gasteiger partial charge in [-0.2, -0.15) is 0 Å². The molecule has 0 amide bonds. The molecule has 0 aliphatic carbocycles. The van der Waals surface area contributed by atoms with Crippen molar-refractivity contribution in [1.82, 2.24) is 5.32 Å². The Labute approximate surface area is 139 Å². The zero-order valence-electron chi connectivity index (χ0n) is 12.1. The Kier molecular flexibility index (Phi) is 4.70. The second kappa shape index (κ2) is 6.89. The molecule has 0 fully saturated rings. The van der Waals surface area contributed by atoms with Gasteiger partial charge in [0.2, 0.25) is 6.79 Å². The molecule has 0 atom stereocenters. The molecule has 22 heavy (non-hydrogen) atoms. The van der Waals surface area contributed by atoms with Crippen LogP contribution in [0.5, 0.6) is 11.5 Å². The molecule has 2 aromatic rings. The van der Waals surface area contributed by atoms with Crippen LogP contribution in [0.15, 0.2) is 47.4 Å². The Balaban J connectivity index is 1.56. The van der Waals surface area contributed by atoms with Crippen LogP contribution in [-0.4, -0.2) is 18.2 Å². The van der Waals surface area contributed by atoms with Gasteiger partial charge in [-0.05, 0) is 54.4 Å². The van der Waals surface area contributed by atoms with Gasteiger partial charge in [-0.15, -0.1) is 11.8 Å². The molecule has 0 saturated heterocycles. The smallest absolute Gasteiger partial charge is 0.231 e. The van der Waals surface area contributed by atoms with Crippen molar-refractivity contribution in [2.75, 3.05) is 18.4 Å². The lowest BCUT2D eigenvalue weighted by Crippen LogP contribution is -2.27. The summed E-state index contributed by atoms with van der Waals surface area (Å²) in [6, 6.07) is 14.0. The average molecular weight is 332 g/mol. The summed E-state index contributed by atoms with van der Waals surface area (Å²) in [4.78, 5) is 1.20. The lowest BCUT2D eigenvalue weighted by atomic mass is 10.2. The highest BCUT2D eigenvalue weighted by molar-refractivity contribution is 7.98. The third kappa shape index (κ3) is 3.64. The number of ether oxygens (including phenoxy) is 2. The maximum Gasteiger partial charge on any atom is 0.231 e. The predicted octanol–water partition coefficient (Wildman–Crippen LogP) is 3.62. The average Bonchev–Trinajstić information content (AvgIpc) is 3.00. The fourth-order valence-electron chi connectivity index (χ4n) is 2.11. The van der Waals surface area contributed by atoms with E-state index in [1.54, 1.807) is 11.8 Å². The standard InChI is InChI=1S/C16H16N2O2S2/c1-22-13-4-2-3-12(8-13)18-16(21)17-9-11-5-6-14-15(7-11)20-10-19-14/h2-8H,9-10H2,1H3,(H2,17,18,21). The van der Waals surface area contributed by atoms with Gasteiger partial charge in [-0.1, -0.05) is 12.1 Å². The molecule has 1 aliphatic heterocycles. The number of thiocarbonyl (C=S) groups is 1. The predicted molar refractivity (Wildman–Crippen MR) is 93.8 cm³/mol. The van der Waals surface area contributed by atoms with E-state index in [9.17, 15) is 0 Å². The van der Waals surface area contributed by atoms with Gasteiger partial charge in [-0.25, -0.2) is 0 Å². The van der Waals surface area contributed by atoms with E-state index in [-0.39, 0.29) is 6.79 Å². The van der Waals surface area contributed by atoms with Crippen molar-refractivity contribution in [2.24, 2.45) is 0 Å². The van der Waals surface area contributed by atoms with E-state index in [1.165, 1.54) is 4.90 Å². The monoisotopic (exact) mass is 332 g/mol. The number of fused-ring (bicyclic) bond motifs is 1. The maximum atomic E-state index is 5.37. The molecule has 0 radical (unpaired) electrons. The molecule has 2 N–H and O–H groups in total. The summed E-state index contributed by atoms with van der Waals surface area (Å²) in [6.45, 7) is 0.919. The van der Waals surface area contributed by atoms with Gasteiger partial charge in [0.1, 0.15) is 0 Å². The Morgan fingerprint density at radius 3 is 2.91 bits per heavy atom. The van der Waals surface area contributed by atoms with Crippen molar-refractivity contribution < 1.29 is 9.47 Å². The van der Waals surface area contributed by atoms with Crippen LogP contribution in [0.2, 0.25) is 0 Å². The van der Waals surface area contributed by atoms with Crippen LogP contribution in [0.3, 0.4) is 0 Å². The molecular formula is C16H16N2O2S2. The highest BCUT2D eigenvalue weighted by Crippen LogP contribution is 2.32. The highest BCUT2D eigenvalue weighted by atomic mass is 32.2. The second-order valence-electron chi connectivity index (χ2n) is 4.73. The number of hydrogen-bond acceptors (Lipinski definition) is 4. The number of thioether (sulfide) groups is 1. The quantitative estimate of drug-likeness (QED) is 0.658. The van der Waals surface area contributed by atoms with Crippen molar-refractivity contribution in [3.63, 3.8) is 0 Å². The van der Waals surface area contributed by atoms with Crippen LogP contribution in [0, 0.1) is 0 Å². The number of rotatable bonds is 4. The second-order valence-corrected chi connectivity index (χ2v) is 6.02. The third-order valence-electron chi connectivity index (χ3n) is 3.22. The first kappa shape index (κ1) is 15.0. The molecular weight excluding hydrogens is 316 g/mol. The van der Waals surface area contributed by atoms with Crippen LogP contribution in [0.4, 0.5) is 5.69 Å². The van der Waals surface area contributed by atoms with Crippen molar-refractivity contribution in [3.05, 3.63) is 48.0 Å². The van der Waals surface area contributed by atoms with Crippen LogP contribution < -0.4 is 20.1 Å². The van der Waals surface area contributed by atoms with Gasteiger partial charge >= 0.3 is 0 Å². The minimum Gasteiger partial charge on any atom is -0.454 e. The number of hydrogen-bond donors (Lipinski definition) is 2. The van der Waals surface area contributed by atoms with Gasteiger partial charge in [0.15, 0.2) is 16.6 Å². The molecule has 1 aliphatic rings. The van der Waals surface area contributed by atoms with Crippen LogP contribution in [0.25, 0.3) is 0 Å². The van der Waals surface area contributed by atoms with Gasteiger partial charge in [-0.3, -0.25) is 0 Å². The summed E-state index contributed by atoms with van der Waals surface area (Å²) in [5, 5.41) is 6.98. The van der Waals surface area contributed by atoms with E-state index in [4.69, 9.17) is 21.7 Å². The molecule has 1 heterocycles. The highest BCUT2D eigenvalue weighted by Gasteiger charge is 2.13. The number of anilines is 1. The molecule has 2 aromatic carbocycles. The van der Waals surface area contributed by atoms with E-state index in [1.807, 2.05) is 30.3 Å². The van der Waals surface area contributed by atoms with Crippen molar-refractivity contribution in [2.45, 2.75) is 11.4 Å². The van der Waals surface area contributed by atoms with Crippen molar-refractivity contribution in [1.29, 1.82) is 0 Å². The molecule has 3 rings (SSSR count). The summed E-state index contributed by atoms with van der Waals surface area (Å²) < 4.78 is 10.7. The van der Waals surface area contributed by atoms with E-state index in [0.29, 0.717) is 11.7 Å². The minimum atomic E-state index is 0.290. The van der Waals surface area contributed by atoms with E-state index < -0.39 is 0 Å². The van der Waals surface area contributed by atoms with E-state index in [0.717, 1.165) is 22.7 Å². The molecule has 4 nitrogen and oxygen atoms in total. The van der Waals surface area contributed by atoms with Crippen molar-refractivity contribution in [3.8, 4) is 11.5 Å². The van der Waals surface area contributed by atoms with Gasteiger partial charge < -0.3 is 20.1 Å². The molecule has 0 saturated carbocycles. The number of nitrogens with one attached hydrogen (secondary N) is 2. The first-order valence-electron chi connectivity index (χ1n) is 6.82. The maximum absolute atomic E-state index is 5.37. The summed E-state index contributed by atoms with van der Waals surface area (Å²) in [7, 11) is 0. The first-order chi connectivity index (χ1) is 10.7. The largest absolute Gasteiger partial charge is 0.454 e. The summed E-state index contributed by atoms with van der Waals surface area (Å²) in [6.07, 6.45) is 2.05. The van der Waals surface area contributed by atoms with E-state index in [2.05, 4.69) is 29.0 Å². The van der Waals surface area contributed by atoms with Gasteiger partial charge in [0.05, 0.1) is 0 Å². The molecule has 114 valence electrons. The van der Waals surface area contributed by atoms with Crippen molar-refractivity contribution >= 4 is 34.8 Å². The van der Waals surface area contributed by atoms with E-state index >= 15 is 0 Å². The Bertz CT molecular complexity index is 692. The summed E-state index contributed by atoms with van der Waals surface area (Å²) >= 11 is 7.03. The lowest BCUT2D eigenvalue weighted by Gasteiger charge is -2.11. The fraction of sp³-hybridized carbons (Fsp3) is 0.188. The molecule has 0 aromatic heterocycles. The minimum absolute atomic E-state index is 0.290. The van der Waals surface area contributed by atoms with Crippen LogP contribution in [0.1, 0.15) is 5.56 Å². The summed E-state index contributed by atoms with van der Waals surface area (Å²) in [5.41, 5.74) is 2.07.